The number of nitrogens with zero attached hydrogens (tertiary/aromatic N) is 4. The zero-order chi connectivity index (χ0) is 22.6. The fraction of sp³-hybridized carbons (Fsp3) is 0.450. The predicted octanol–water partition coefficient (Wildman–Crippen LogP) is 2.48. The minimum atomic E-state index is -3.67. The summed E-state index contributed by atoms with van der Waals surface area (Å²) in [4.78, 5) is 15.0. The Labute approximate surface area is 196 Å². The van der Waals surface area contributed by atoms with E-state index in [1.807, 2.05) is 0 Å². The minimum Gasteiger partial charge on any atom is -0.379 e. The second-order valence-electron chi connectivity index (χ2n) is 7.42. The van der Waals surface area contributed by atoms with E-state index < -0.39 is 10.0 Å². The van der Waals surface area contributed by atoms with E-state index in [-0.39, 0.29) is 21.7 Å². The summed E-state index contributed by atoms with van der Waals surface area (Å²) in [7, 11) is -3.67. The summed E-state index contributed by atoms with van der Waals surface area (Å²) < 4.78 is 32.9. The highest BCUT2D eigenvalue weighted by Gasteiger charge is 2.28. The van der Waals surface area contributed by atoms with Crippen LogP contribution in [0.4, 0.5) is 11.4 Å². The number of benzene rings is 1. The third-order valence-corrected chi connectivity index (χ3v) is 8.27. The largest absolute Gasteiger partial charge is 0.379 e. The van der Waals surface area contributed by atoms with Gasteiger partial charge in [0.25, 0.3) is 0 Å². The van der Waals surface area contributed by atoms with Crippen molar-refractivity contribution in [1.82, 2.24) is 14.5 Å². The van der Waals surface area contributed by atoms with E-state index >= 15 is 0 Å². The first-order valence-electron chi connectivity index (χ1n) is 10.3. The predicted molar refractivity (Wildman–Crippen MR) is 124 cm³/mol. The number of hydrogen-bond acceptors (Lipinski definition) is 8. The van der Waals surface area contributed by atoms with Crippen LogP contribution >= 0.6 is 23.4 Å². The number of sulfonamides is 1. The molecule has 0 aliphatic carbocycles. The molecular weight excluding hydrogens is 474 g/mol. The normalized spacial score (nSPS) is 17.5. The van der Waals surface area contributed by atoms with Crippen molar-refractivity contribution < 1.29 is 17.9 Å². The van der Waals surface area contributed by atoms with Crippen molar-refractivity contribution in [2.75, 3.05) is 55.4 Å². The highest BCUT2D eigenvalue weighted by Crippen LogP contribution is 2.33. The first-order chi connectivity index (χ1) is 15.4. The van der Waals surface area contributed by atoms with E-state index in [4.69, 9.17) is 16.3 Å². The lowest BCUT2D eigenvalue weighted by molar-refractivity contribution is -0.113. The van der Waals surface area contributed by atoms with Gasteiger partial charge >= 0.3 is 0 Å². The zero-order valence-electron chi connectivity index (χ0n) is 17.4. The van der Waals surface area contributed by atoms with Crippen LogP contribution in [0.5, 0.6) is 0 Å². The van der Waals surface area contributed by atoms with Gasteiger partial charge in [0.2, 0.25) is 15.9 Å². The van der Waals surface area contributed by atoms with Crippen LogP contribution in [0.15, 0.2) is 40.3 Å². The molecule has 2 aliphatic rings. The van der Waals surface area contributed by atoms with Crippen molar-refractivity contribution in [1.29, 1.82) is 0 Å². The Morgan fingerprint density at radius 2 is 1.84 bits per heavy atom. The maximum Gasteiger partial charge on any atom is 0.243 e. The van der Waals surface area contributed by atoms with E-state index in [0.29, 0.717) is 37.0 Å². The number of hydrogen-bond donors (Lipinski definition) is 1. The lowest BCUT2D eigenvalue weighted by Crippen LogP contribution is -2.40. The first kappa shape index (κ1) is 23.2. The van der Waals surface area contributed by atoms with E-state index in [1.54, 1.807) is 30.3 Å². The monoisotopic (exact) mass is 497 g/mol. The molecule has 3 heterocycles. The maximum atomic E-state index is 13.1. The van der Waals surface area contributed by atoms with Crippen LogP contribution < -0.4 is 10.2 Å². The third kappa shape index (κ3) is 5.52. The molecule has 0 spiro atoms. The molecule has 2 saturated heterocycles. The number of halogens is 1. The number of carbonyl (C=O) groups is 1. The molecule has 2 fully saturated rings. The molecule has 12 heteroatoms. The van der Waals surface area contributed by atoms with Gasteiger partial charge in [-0.3, -0.25) is 4.79 Å². The smallest absolute Gasteiger partial charge is 0.243 e. The summed E-state index contributed by atoms with van der Waals surface area (Å²) in [6, 6.07) is 8.26. The van der Waals surface area contributed by atoms with Crippen molar-refractivity contribution in [3.05, 3.63) is 35.5 Å². The van der Waals surface area contributed by atoms with Gasteiger partial charge in [-0.05, 0) is 43.2 Å². The molecule has 0 bridgehead atoms. The van der Waals surface area contributed by atoms with Gasteiger partial charge in [0.1, 0.15) is 5.03 Å². The molecule has 32 heavy (non-hydrogen) atoms. The number of aromatic nitrogens is 2. The van der Waals surface area contributed by atoms with Gasteiger partial charge in [-0.15, -0.1) is 10.2 Å². The molecule has 0 unspecified atom stereocenters. The van der Waals surface area contributed by atoms with Gasteiger partial charge in [-0.1, -0.05) is 23.4 Å². The number of rotatable bonds is 7. The van der Waals surface area contributed by atoms with E-state index in [1.165, 1.54) is 16.1 Å². The summed E-state index contributed by atoms with van der Waals surface area (Å²) in [5, 5.41) is 11.5. The SMILES string of the molecule is O=C(CSc1ccc(Cl)nn1)Nc1cc(S(=O)(=O)N2CCOCC2)ccc1N1CCCC1. The van der Waals surface area contributed by atoms with Crippen LogP contribution in [-0.4, -0.2) is 74.0 Å². The number of morpholine rings is 1. The Morgan fingerprint density at radius 3 is 2.53 bits per heavy atom. The van der Waals surface area contributed by atoms with Crippen LogP contribution in [0.3, 0.4) is 0 Å². The molecule has 2 aliphatic heterocycles. The number of amides is 1. The van der Waals surface area contributed by atoms with Crippen molar-refractivity contribution in [2.24, 2.45) is 0 Å². The highest BCUT2D eigenvalue weighted by atomic mass is 35.5. The second kappa shape index (κ2) is 10.3. The summed E-state index contributed by atoms with van der Waals surface area (Å²) in [5.74, 6) is -0.149. The lowest BCUT2D eigenvalue weighted by atomic mass is 10.2. The molecule has 0 radical (unpaired) electrons. The maximum absolute atomic E-state index is 13.1. The second-order valence-corrected chi connectivity index (χ2v) is 10.7. The Hall–Kier alpha value is -1.92. The molecule has 0 atom stereocenters. The number of ether oxygens (including phenoxy) is 1. The van der Waals surface area contributed by atoms with Crippen LogP contribution in [0.2, 0.25) is 5.15 Å². The molecule has 0 saturated carbocycles. The van der Waals surface area contributed by atoms with Crippen LogP contribution in [0.1, 0.15) is 12.8 Å². The van der Waals surface area contributed by atoms with Crippen molar-refractivity contribution in [2.45, 2.75) is 22.8 Å². The molecule has 1 amide bonds. The van der Waals surface area contributed by atoms with Gasteiger partial charge in [-0.2, -0.15) is 4.31 Å². The van der Waals surface area contributed by atoms with Crippen LogP contribution in [0, 0.1) is 0 Å². The molecule has 1 N–H and O–H groups in total. The number of anilines is 2. The Bertz CT molecular complexity index is 1060. The Balaban J connectivity index is 1.54. The summed E-state index contributed by atoms with van der Waals surface area (Å²) >= 11 is 6.97. The molecule has 172 valence electrons. The fourth-order valence-corrected chi connectivity index (χ4v) is 5.80. The van der Waals surface area contributed by atoms with E-state index in [2.05, 4.69) is 20.4 Å². The first-order valence-corrected chi connectivity index (χ1v) is 13.1. The van der Waals surface area contributed by atoms with E-state index in [9.17, 15) is 13.2 Å². The highest BCUT2D eigenvalue weighted by molar-refractivity contribution is 7.99. The third-order valence-electron chi connectivity index (χ3n) is 5.26. The number of thioether (sulfide) groups is 1. The van der Waals surface area contributed by atoms with Crippen molar-refractivity contribution in [3.63, 3.8) is 0 Å². The summed E-state index contributed by atoms with van der Waals surface area (Å²) in [6.45, 7) is 3.12. The van der Waals surface area contributed by atoms with Crippen LogP contribution in [-0.2, 0) is 19.6 Å². The van der Waals surface area contributed by atoms with Crippen LogP contribution in [0.25, 0.3) is 0 Å². The zero-order valence-corrected chi connectivity index (χ0v) is 19.8. The van der Waals surface area contributed by atoms with Crippen molar-refractivity contribution in [3.8, 4) is 0 Å². The number of carbonyl (C=O) groups excluding carboxylic acids is 1. The van der Waals surface area contributed by atoms with Gasteiger partial charge in [0.05, 0.1) is 35.2 Å². The van der Waals surface area contributed by atoms with Gasteiger partial charge in [0.15, 0.2) is 5.15 Å². The molecular formula is C20H24ClN5O4S2. The fourth-order valence-electron chi connectivity index (χ4n) is 3.65. The average molecular weight is 498 g/mol. The summed E-state index contributed by atoms with van der Waals surface area (Å²) in [6.07, 6.45) is 2.12. The molecule has 1 aromatic carbocycles. The molecule has 1 aromatic heterocycles. The van der Waals surface area contributed by atoms with Gasteiger partial charge in [-0.25, -0.2) is 8.42 Å². The quantitative estimate of drug-likeness (QED) is 0.582. The Kier molecular flexibility index (Phi) is 7.51. The standard InChI is InChI=1S/C20H24ClN5O4S2/c21-18-5-6-20(24-23-18)31-14-19(27)22-16-13-15(3-4-17(16)25-7-1-2-8-25)32(28,29)26-9-11-30-12-10-26/h3-6,13H,1-2,7-12,14H2,(H,22,27). The Morgan fingerprint density at radius 1 is 1.09 bits per heavy atom. The molecule has 2 aromatic rings. The average Bonchev–Trinajstić information content (AvgIpc) is 3.34. The topological polar surface area (TPSA) is 105 Å². The number of nitrogens with one attached hydrogen (secondary N) is 1. The van der Waals surface area contributed by atoms with Crippen molar-refractivity contribution >= 4 is 50.7 Å². The van der Waals surface area contributed by atoms with E-state index in [0.717, 1.165) is 31.6 Å². The minimum absolute atomic E-state index is 0.107. The molecule has 9 nitrogen and oxygen atoms in total. The van der Waals surface area contributed by atoms with Gasteiger partial charge in [0, 0.05) is 26.2 Å². The summed E-state index contributed by atoms with van der Waals surface area (Å²) in [5.41, 5.74) is 1.32. The molecule has 4 rings (SSSR count). The lowest BCUT2D eigenvalue weighted by Gasteiger charge is -2.27. The van der Waals surface area contributed by atoms with Gasteiger partial charge < -0.3 is 15.0 Å².